The monoisotopic (exact) mass is 459 g/mol. The van der Waals surface area contributed by atoms with Crippen LogP contribution in [0.4, 0.5) is 5.69 Å². The summed E-state index contributed by atoms with van der Waals surface area (Å²) in [6.45, 7) is 5.16. The SMILES string of the molecule is COCCCN1C(=S)N[C@H]2c3cc(C)ccc3O[C@]1(C)[C@H]2C(=O)Nc1ccc(Cl)cc1. The van der Waals surface area contributed by atoms with Crippen molar-refractivity contribution in [3.05, 3.63) is 58.6 Å². The summed E-state index contributed by atoms with van der Waals surface area (Å²) in [6.07, 6.45) is 0.758. The number of thiocarbonyl (C=S) groups is 1. The Labute approximate surface area is 192 Å². The molecule has 0 saturated carbocycles. The third-order valence-electron chi connectivity index (χ3n) is 5.91. The number of methoxy groups -OCH3 is 1. The van der Waals surface area contributed by atoms with Gasteiger partial charge in [-0.3, -0.25) is 4.79 Å². The predicted molar refractivity (Wildman–Crippen MR) is 125 cm³/mol. The van der Waals surface area contributed by atoms with Gasteiger partial charge >= 0.3 is 0 Å². The molecule has 1 fully saturated rings. The number of fused-ring (bicyclic) bond motifs is 4. The summed E-state index contributed by atoms with van der Waals surface area (Å²) in [5.41, 5.74) is 1.77. The van der Waals surface area contributed by atoms with Crippen LogP contribution in [-0.2, 0) is 9.53 Å². The predicted octanol–water partition coefficient (Wildman–Crippen LogP) is 4.28. The maximum absolute atomic E-state index is 13.6. The van der Waals surface area contributed by atoms with Crippen LogP contribution < -0.4 is 15.4 Å². The molecule has 2 N–H and O–H groups in total. The molecule has 1 amide bonds. The molecule has 4 rings (SSSR count). The number of carbonyl (C=O) groups is 1. The number of hydrogen-bond acceptors (Lipinski definition) is 4. The molecule has 0 radical (unpaired) electrons. The number of aryl methyl sites for hydroxylation is 1. The summed E-state index contributed by atoms with van der Waals surface area (Å²) in [5.74, 6) is 0.0841. The van der Waals surface area contributed by atoms with Gasteiger partial charge in [-0.15, -0.1) is 0 Å². The van der Waals surface area contributed by atoms with Crippen molar-refractivity contribution in [2.75, 3.05) is 25.6 Å². The lowest BCUT2D eigenvalue weighted by atomic mass is 9.78. The number of halogens is 1. The fraction of sp³-hybridized carbons (Fsp3) is 0.391. The van der Waals surface area contributed by atoms with E-state index in [1.807, 2.05) is 30.9 Å². The first-order chi connectivity index (χ1) is 14.8. The lowest BCUT2D eigenvalue weighted by Gasteiger charge is -2.56. The summed E-state index contributed by atoms with van der Waals surface area (Å²) in [7, 11) is 1.67. The topological polar surface area (TPSA) is 62.8 Å². The molecule has 2 aromatic carbocycles. The van der Waals surface area contributed by atoms with E-state index in [1.54, 1.807) is 31.4 Å². The second-order valence-corrected chi connectivity index (χ2v) is 8.92. The molecule has 1 saturated heterocycles. The van der Waals surface area contributed by atoms with Gasteiger partial charge in [0.05, 0.1) is 6.04 Å². The van der Waals surface area contributed by atoms with Crippen molar-refractivity contribution in [3.63, 3.8) is 0 Å². The largest absolute Gasteiger partial charge is 0.467 e. The molecule has 2 aromatic rings. The van der Waals surface area contributed by atoms with Crippen LogP contribution in [0.3, 0.4) is 0 Å². The fourth-order valence-electron chi connectivity index (χ4n) is 4.41. The summed E-state index contributed by atoms with van der Waals surface area (Å²) in [5, 5.41) is 7.63. The van der Waals surface area contributed by atoms with E-state index in [-0.39, 0.29) is 11.9 Å². The molecule has 0 unspecified atom stereocenters. The van der Waals surface area contributed by atoms with Crippen molar-refractivity contribution in [2.24, 2.45) is 5.92 Å². The number of carbonyl (C=O) groups excluding carboxylic acids is 1. The maximum atomic E-state index is 13.6. The Hall–Kier alpha value is -2.35. The Morgan fingerprint density at radius 2 is 2.06 bits per heavy atom. The van der Waals surface area contributed by atoms with Gasteiger partial charge in [0.15, 0.2) is 10.8 Å². The van der Waals surface area contributed by atoms with Crippen LogP contribution in [0.15, 0.2) is 42.5 Å². The minimum atomic E-state index is -0.945. The van der Waals surface area contributed by atoms with E-state index in [1.165, 1.54) is 0 Å². The molecular formula is C23H26ClN3O3S. The highest BCUT2D eigenvalue weighted by molar-refractivity contribution is 7.80. The highest BCUT2D eigenvalue weighted by Gasteiger charge is 2.58. The lowest BCUT2D eigenvalue weighted by molar-refractivity contribution is -0.149. The number of rotatable bonds is 6. The van der Waals surface area contributed by atoms with E-state index < -0.39 is 11.6 Å². The van der Waals surface area contributed by atoms with Crippen molar-refractivity contribution >= 4 is 40.5 Å². The number of nitrogens with one attached hydrogen (secondary N) is 2. The molecule has 2 bridgehead atoms. The highest BCUT2D eigenvalue weighted by atomic mass is 35.5. The minimum absolute atomic E-state index is 0.145. The van der Waals surface area contributed by atoms with Crippen LogP contribution in [0, 0.1) is 12.8 Å². The molecule has 0 aliphatic carbocycles. The van der Waals surface area contributed by atoms with Crippen LogP contribution in [-0.4, -0.2) is 41.9 Å². The van der Waals surface area contributed by atoms with Crippen molar-refractivity contribution in [2.45, 2.75) is 32.0 Å². The zero-order chi connectivity index (χ0) is 22.2. The van der Waals surface area contributed by atoms with Gasteiger partial charge < -0.3 is 25.0 Å². The van der Waals surface area contributed by atoms with Crippen molar-refractivity contribution < 1.29 is 14.3 Å². The van der Waals surface area contributed by atoms with E-state index >= 15 is 0 Å². The third-order valence-corrected chi connectivity index (χ3v) is 6.50. The molecule has 2 aliphatic rings. The molecule has 2 aliphatic heterocycles. The number of hydrogen-bond donors (Lipinski definition) is 2. The Bertz CT molecular complexity index is 1000. The summed E-state index contributed by atoms with van der Waals surface area (Å²) in [4.78, 5) is 15.6. The first-order valence-electron chi connectivity index (χ1n) is 10.3. The summed E-state index contributed by atoms with van der Waals surface area (Å²) in [6, 6.07) is 12.8. The molecule has 0 spiro atoms. The van der Waals surface area contributed by atoms with E-state index in [4.69, 9.17) is 33.3 Å². The first kappa shape index (κ1) is 21.9. The van der Waals surface area contributed by atoms with Crippen molar-refractivity contribution in [1.82, 2.24) is 10.2 Å². The molecule has 3 atom stereocenters. The van der Waals surface area contributed by atoms with Crippen LogP contribution in [0.25, 0.3) is 0 Å². The molecule has 31 heavy (non-hydrogen) atoms. The summed E-state index contributed by atoms with van der Waals surface area (Å²) >= 11 is 11.7. The van der Waals surface area contributed by atoms with Crippen LogP contribution >= 0.6 is 23.8 Å². The molecular weight excluding hydrogens is 434 g/mol. The van der Waals surface area contributed by atoms with Gasteiger partial charge in [0, 0.05) is 36.5 Å². The van der Waals surface area contributed by atoms with Crippen molar-refractivity contribution in [3.8, 4) is 5.75 Å². The second-order valence-electron chi connectivity index (χ2n) is 8.10. The normalized spacial score (nSPS) is 24.1. The first-order valence-corrected chi connectivity index (χ1v) is 11.0. The second kappa shape index (κ2) is 8.65. The number of benzene rings is 2. The average Bonchev–Trinajstić information content (AvgIpc) is 2.72. The van der Waals surface area contributed by atoms with E-state index in [0.29, 0.717) is 29.0 Å². The number of amides is 1. The average molecular weight is 460 g/mol. The van der Waals surface area contributed by atoms with Gasteiger partial charge in [-0.2, -0.15) is 0 Å². The zero-order valence-electron chi connectivity index (χ0n) is 17.8. The Morgan fingerprint density at radius 3 is 2.77 bits per heavy atom. The van der Waals surface area contributed by atoms with Gasteiger partial charge in [-0.05, 0) is 62.8 Å². The Kier molecular flexibility index (Phi) is 6.10. The van der Waals surface area contributed by atoms with Gasteiger partial charge in [0.25, 0.3) is 0 Å². The Morgan fingerprint density at radius 1 is 1.32 bits per heavy atom. The standard InChI is InChI=1S/C23H26ClN3O3S/c1-14-5-10-18-17(13-14)20-19(21(28)25-16-8-6-15(24)7-9-16)23(2,30-18)27(22(31)26-20)11-4-12-29-3/h5-10,13,19-20H,4,11-12H2,1-3H3,(H,25,28)(H,26,31)/t19-,20+,23-/m1/s1. The molecule has 0 aromatic heterocycles. The molecule has 2 heterocycles. The zero-order valence-corrected chi connectivity index (χ0v) is 19.3. The van der Waals surface area contributed by atoms with E-state index in [0.717, 1.165) is 23.3 Å². The van der Waals surface area contributed by atoms with Gasteiger partial charge in [0.1, 0.15) is 11.7 Å². The van der Waals surface area contributed by atoms with Gasteiger partial charge in [-0.1, -0.05) is 29.3 Å². The molecule has 164 valence electrons. The number of ether oxygens (including phenoxy) is 2. The molecule has 6 nitrogen and oxygen atoms in total. The van der Waals surface area contributed by atoms with Gasteiger partial charge in [0.2, 0.25) is 5.91 Å². The van der Waals surface area contributed by atoms with Crippen LogP contribution in [0.5, 0.6) is 5.75 Å². The van der Waals surface area contributed by atoms with Crippen LogP contribution in [0.1, 0.15) is 30.5 Å². The van der Waals surface area contributed by atoms with E-state index in [9.17, 15) is 4.79 Å². The van der Waals surface area contributed by atoms with Crippen LogP contribution in [0.2, 0.25) is 5.02 Å². The quantitative estimate of drug-likeness (QED) is 0.496. The molecule has 8 heteroatoms. The van der Waals surface area contributed by atoms with Crippen molar-refractivity contribution in [1.29, 1.82) is 0 Å². The maximum Gasteiger partial charge on any atom is 0.236 e. The lowest BCUT2D eigenvalue weighted by Crippen LogP contribution is -2.71. The third kappa shape index (κ3) is 4.10. The smallest absolute Gasteiger partial charge is 0.236 e. The summed E-state index contributed by atoms with van der Waals surface area (Å²) < 4.78 is 11.7. The fourth-order valence-corrected chi connectivity index (χ4v) is 4.94. The Balaban J connectivity index is 1.72. The highest BCUT2D eigenvalue weighted by Crippen LogP contribution is 2.48. The van der Waals surface area contributed by atoms with E-state index in [2.05, 4.69) is 16.7 Å². The number of nitrogens with zero attached hydrogens (tertiary/aromatic N) is 1. The van der Waals surface area contributed by atoms with Gasteiger partial charge in [-0.25, -0.2) is 0 Å². The number of anilines is 1. The minimum Gasteiger partial charge on any atom is -0.467 e.